The maximum Gasteiger partial charge on any atom is 0.253 e. The number of amides is 2. The number of likely N-dealkylation sites (tertiary alicyclic amines) is 1. The molecule has 1 aromatic rings. The van der Waals surface area contributed by atoms with Crippen molar-refractivity contribution < 1.29 is 24.2 Å². The molecule has 0 spiro atoms. The summed E-state index contributed by atoms with van der Waals surface area (Å²) < 4.78 is 10.4. The third-order valence-corrected chi connectivity index (χ3v) is 6.67. The third-order valence-electron chi connectivity index (χ3n) is 5.26. The van der Waals surface area contributed by atoms with E-state index in [-0.39, 0.29) is 23.7 Å². The van der Waals surface area contributed by atoms with Crippen molar-refractivity contribution in [2.75, 3.05) is 21.3 Å². The summed E-state index contributed by atoms with van der Waals surface area (Å²) in [5, 5.41) is 10.2. The Balaban J connectivity index is 2.31. The number of methoxy groups -OCH3 is 2. The summed E-state index contributed by atoms with van der Waals surface area (Å²) in [5.41, 5.74) is 1.15. The number of imide groups is 1. The Morgan fingerprint density at radius 2 is 1.78 bits per heavy atom. The van der Waals surface area contributed by atoms with Crippen LogP contribution in [0.1, 0.15) is 17.9 Å². The van der Waals surface area contributed by atoms with Crippen LogP contribution in [0, 0.1) is 0 Å². The Kier molecular flexibility index (Phi) is 4.68. The number of fused-ring (bicyclic) bond motifs is 1. The molecular weight excluding hydrogens is 393 g/mol. The van der Waals surface area contributed by atoms with Crippen LogP contribution < -0.4 is 9.47 Å². The van der Waals surface area contributed by atoms with Crippen LogP contribution in [0.3, 0.4) is 0 Å². The van der Waals surface area contributed by atoms with E-state index in [2.05, 4.69) is 6.58 Å². The van der Waals surface area contributed by atoms with Gasteiger partial charge in [-0.2, -0.15) is 0 Å². The number of aromatic hydroxyl groups is 1. The average molecular weight is 412 g/mol. The molecule has 1 aliphatic heterocycles. The van der Waals surface area contributed by atoms with E-state index < -0.39 is 27.5 Å². The Morgan fingerprint density at radius 1 is 1.22 bits per heavy atom. The zero-order chi connectivity index (χ0) is 20.1. The highest BCUT2D eigenvalue weighted by atomic mass is 35.5. The molecule has 144 valence electrons. The minimum Gasteiger partial charge on any atom is -0.502 e. The molecule has 2 amide bonds. The lowest BCUT2D eigenvalue weighted by Gasteiger charge is -2.42. The minimum absolute atomic E-state index is 0.0944. The molecule has 6 nitrogen and oxygen atoms in total. The number of hydrogen-bond donors (Lipinski definition) is 1. The number of carbonyl (C=O) groups is 2. The molecule has 0 aromatic heterocycles. The van der Waals surface area contributed by atoms with Crippen molar-refractivity contribution in [3.8, 4) is 17.2 Å². The van der Waals surface area contributed by atoms with Crippen LogP contribution in [0.2, 0.25) is 0 Å². The summed E-state index contributed by atoms with van der Waals surface area (Å²) >= 11 is 13.5. The lowest BCUT2D eigenvalue weighted by Crippen LogP contribution is -2.54. The highest BCUT2D eigenvalue weighted by molar-refractivity contribution is 6.53. The van der Waals surface area contributed by atoms with Gasteiger partial charge in [0.15, 0.2) is 21.2 Å². The number of ether oxygens (including phenoxy) is 2. The molecule has 8 heteroatoms. The monoisotopic (exact) mass is 411 g/mol. The van der Waals surface area contributed by atoms with Crippen molar-refractivity contribution in [3.63, 3.8) is 0 Å². The number of benzene rings is 1. The molecule has 1 saturated heterocycles. The summed E-state index contributed by atoms with van der Waals surface area (Å²) in [6.45, 7) is 3.80. The van der Waals surface area contributed by atoms with Gasteiger partial charge in [0, 0.05) is 13.0 Å². The van der Waals surface area contributed by atoms with Crippen LogP contribution in [0.4, 0.5) is 0 Å². The molecule has 3 atom stereocenters. The van der Waals surface area contributed by atoms with E-state index >= 15 is 0 Å². The molecule has 3 rings (SSSR count). The molecule has 1 aliphatic carbocycles. The van der Waals surface area contributed by atoms with E-state index in [0.29, 0.717) is 11.1 Å². The zero-order valence-electron chi connectivity index (χ0n) is 15.1. The maximum atomic E-state index is 13.0. The average Bonchev–Trinajstić information content (AvgIpc) is 2.80. The molecule has 2 aliphatic rings. The predicted octanol–water partition coefficient (Wildman–Crippen LogP) is 2.96. The van der Waals surface area contributed by atoms with Crippen LogP contribution in [-0.2, 0) is 9.59 Å². The van der Waals surface area contributed by atoms with Gasteiger partial charge in [-0.3, -0.25) is 14.5 Å². The van der Waals surface area contributed by atoms with Crippen molar-refractivity contribution in [3.05, 3.63) is 42.0 Å². The largest absolute Gasteiger partial charge is 0.502 e. The lowest BCUT2D eigenvalue weighted by atomic mass is 9.68. The van der Waals surface area contributed by atoms with Crippen molar-refractivity contribution >= 4 is 35.0 Å². The SMILES string of the molecule is C=CC1=CCC2(Cl)C(=O)N(C)C(=O)C2(Cl)C1c1cc(OC)c(O)c(OC)c1. The summed E-state index contributed by atoms with van der Waals surface area (Å²) in [6.07, 6.45) is 3.42. The van der Waals surface area contributed by atoms with Gasteiger partial charge in [0.2, 0.25) is 5.75 Å². The van der Waals surface area contributed by atoms with Gasteiger partial charge in [0.25, 0.3) is 11.8 Å². The molecule has 1 aromatic carbocycles. The number of hydrogen-bond acceptors (Lipinski definition) is 5. The molecule has 0 radical (unpaired) electrons. The second kappa shape index (κ2) is 6.46. The number of carbonyl (C=O) groups excluding carboxylic acids is 2. The van der Waals surface area contributed by atoms with Crippen molar-refractivity contribution in [2.45, 2.75) is 22.1 Å². The highest BCUT2D eigenvalue weighted by Crippen LogP contribution is 2.59. The minimum atomic E-state index is -1.76. The molecule has 1 N–H and O–H groups in total. The molecule has 27 heavy (non-hydrogen) atoms. The van der Waals surface area contributed by atoms with Crippen LogP contribution in [0.5, 0.6) is 17.2 Å². The topological polar surface area (TPSA) is 76.1 Å². The molecular formula is C19H19Cl2NO5. The maximum absolute atomic E-state index is 13.0. The van der Waals surface area contributed by atoms with Crippen LogP contribution >= 0.6 is 23.2 Å². The predicted molar refractivity (Wildman–Crippen MR) is 102 cm³/mol. The number of allylic oxidation sites excluding steroid dienone is 3. The first-order chi connectivity index (χ1) is 12.7. The Bertz CT molecular complexity index is 858. The number of rotatable bonds is 4. The Labute approximate surface area is 166 Å². The fraction of sp³-hybridized carbons (Fsp3) is 0.368. The number of phenols is 1. The first-order valence-corrected chi connectivity index (χ1v) is 8.90. The van der Waals surface area contributed by atoms with Gasteiger partial charge in [0.05, 0.1) is 14.2 Å². The van der Waals surface area contributed by atoms with Gasteiger partial charge in [-0.1, -0.05) is 18.7 Å². The molecule has 0 bridgehead atoms. The second-order valence-corrected chi connectivity index (χ2v) is 7.74. The van der Waals surface area contributed by atoms with Crippen LogP contribution in [0.25, 0.3) is 0 Å². The smallest absolute Gasteiger partial charge is 0.253 e. The third kappa shape index (κ3) is 2.39. The van der Waals surface area contributed by atoms with E-state index in [0.717, 1.165) is 4.90 Å². The molecule has 1 fully saturated rings. The Hall–Kier alpha value is -2.18. The van der Waals surface area contributed by atoms with E-state index in [9.17, 15) is 14.7 Å². The van der Waals surface area contributed by atoms with Gasteiger partial charge in [-0.15, -0.1) is 23.2 Å². The lowest BCUT2D eigenvalue weighted by molar-refractivity contribution is -0.137. The van der Waals surface area contributed by atoms with Crippen LogP contribution in [-0.4, -0.2) is 52.8 Å². The molecule has 3 unspecified atom stereocenters. The molecule has 0 saturated carbocycles. The number of phenolic OH excluding ortho intramolecular Hbond substituents is 1. The van der Waals surface area contributed by atoms with Gasteiger partial charge in [0.1, 0.15) is 0 Å². The van der Waals surface area contributed by atoms with Gasteiger partial charge in [-0.25, -0.2) is 0 Å². The first kappa shape index (κ1) is 19.6. The Morgan fingerprint density at radius 3 is 2.26 bits per heavy atom. The zero-order valence-corrected chi connectivity index (χ0v) is 16.6. The highest BCUT2D eigenvalue weighted by Gasteiger charge is 2.72. The van der Waals surface area contributed by atoms with E-state index in [1.165, 1.54) is 21.3 Å². The number of alkyl halides is 2. The molecule has 1 heterocycles. The van der Waals surface area contributed by atoms with Gasteiger partial charge in [-0.05, 0) is 29.7 Å². The number of nitrogens with zero attached hydrogens (tertiary/aromatic N) is 1. The normalized spacial score (nSPS) is 30.0. The van der Waals surface area contributed by atoms with Crippen molar-refractivity contribution in [2.24, 2.45) is 0 Å². The summed E-state index contributed by atoms with van der Waals surface area (Å²) in [7, 11) is 4.15. The second-order valence-electron chi connectivity index (χ2n) is 6.50. The summed E-state index contributed by atoms with van der Waals surface area (Å²) in [6, 6.07) is 3.09. The van der Waals surface area contributed by atoms with Crippen LogP contribution in [0.15, 0.2) is 36.4 Å². The van der Waals surface area contributed by atoms with Crippen molar-refractivity contribution in [1.29, 1.82) is 0 Å². The summed E-state index contributed by atoms with van der Waals surface area (Å²) in [4.78, 5) is 23.3. The van der Waals surface area contributed by atoms with Gasteiger partial charge >= 0.3 is 0 Å². The van der Waals surface area contributed by atoms with E-state index in [4.69, 9.17) is 32.7 Å². The van der Waals surface area contributed by atoms with Gasteiger partial charge < -0.3 is 14.6 Å². The quantitative estimate of drug-likeness (QED) is 0.608. The standard InChI is InChI=1S/C19H19Cl2NO5/c1-5-10-6-7-18(20)16(24)22(2)17(25)19(18,21)14(10)11-8-12(26-3)15(23)13(9-11)27-4/h5-6,8-9,14,23H,1,7H2,2-4H3. The fourth-order valence-corrected chi connectivity index (χ4v) is 4.76. The number of halogens is 2. The van der Waals surface area contributed by atoms with Crippen molar-refractivity contribution in [1.82, 2.24) is 4.90 Å². The fourth-order valence-electron chi connectivity index (χ4n) is 3.83. The summed E-state index contributed by atoms with van der Waals surface area (Å²) in [5.74, 6) is -1.84. The van der Waals surface area contributed by atoms with E-state index in [1.807, 2.05) is 0 Å². The first-order valence-electron chi connectivity index (χ1n) is 8.15. The van der Waals surface area contributed by atoms with E-state index in [1.54, 1.807) is 24.3 Å².